The second kappa shape index (κ2) is 3.43. The standard InChI is InChI=1S/C11H7F3O2/c12-11(13,14)9-8(15)5-6-3-1-2-4-7(6)10(9)16/h1-4,9H,5H2. The lowest BCUT2D eigenvalue weighted by molar-refractivity contribution is -0.170. The zero-order chi connectivity index (χ0) is 11.9. The molecule has 0 fully saturated rings. The van der Waals surface area contributed by atoms with Gasteiger partial charge in [-0.3, -0.25) is 9.59 Å². The van der Waals surface area contributed by atoms with Crippen molar-refractivity contribution >= 4 is 11.6 Å². The summed E-state index contributed by atoms with van der Waals surface area (Å²) in [7, 11) is 0. The van der Waals surface area contributed by atoms with Gasteiger partial charge in [0.2, 0.25) is 0 Å². The van der Waals surface area contributed by atoms with E-state index in [2.05, 4.69) is 0 Å². The van der Waals surface area contributed by atoms with Crippen LogP contribution in [0, 0.1) is 5.92 Å². The van der Waals surface area contributed by atoms with Crippen molar-refractivity contribution in [3.63, 3.8) is 0 Å². The summed E-state index contributed by atoms with van der Waals surface area (Å²) in [5.74, 6) is -4.70. The number of halogens is 3. The maximum absolute atomic E-state index is 12.5. The van der Waals surface area contributed by atoms with E-state index in [9.17, 15) is 22.8 Å². The maximum atomic E-state index is 12.5. The first-order valence-electron chi connectivity index (χ1n) is 4.63. The van der Waals surface area contributed by atoms with Crippen LogP contribution in [0.5, 0.6) is 0 Å². The van der Waals surface area contributed by atoms with Crippen LogP contribution in [0.25, 0.3) is 0 Å². The van der Waals surface area contributed by atoms with Crippen molar-refractivity contribution < 1.29 is 22.8 Å². The lowest BCUT2D eigenvalue weighted by atomic mass is 9.81. The van der Waals surface area contributed by atoms with Gasteiger partial charge in [0.15, 0.2) is 17.5 Å². The fourth-order valence-corrected chi connectivity index (χ4v) is 1.84. The first-order valence-corrected chi connectivity index (χ1v) is 4.63. The molecular weight excluding hydrogens is 221 g/mol. The molecule has 2 rings (SSSR count). The summed E-state index contributed by atoms with van der Waals surface area (Å²) in [6, 6.07) is 5.90. The smallest absolute Gasteiger partial charge is 0.298 e. The Bertz CT molecular complexity index is 463. The summed E-state index contributed by atoms with van der Waals surface area (Å²) in [5, 5.41) is 0. The van der Waals surface area contributed by atoms with Gasteiger partial charge >= 0.3 is 6.18 Å². The Balaban J connectivity index is 2.50. The minimum Gasteiger partial charge on any atom is -0.298 e. The molecule has 1 atom stereocenters. The molecule has 1 unspecified atom stereocenters. The highest BCUT2D eigenvalue weighted by Gasteiger charge is 2.51. The Morgan fingerprint density at radius 2 is 1.75 bits per heavy atom. The van der Waals surface area contributed by atoms with Gasteiger partial charge in [-0.05, 0) is 5.56 Å². The summed E-state index contributed by atoms with van der Waals surface area (Å²) in [6.07, 6.45) is -5.12. The molecule has 1 aromatic carbocycles. The van der Waals surface area contributed by atoms with Crippen LogP contribution >= 0.6 is 0 Å². The Morgan fingerprint density at radius 1 is 1.12 bits per heavy atom. The zero-order valence-electron chi connectivity index (χ0n) is 8.04. The lowest BCUT2D eigenvalue weighted by Crippen LogP contribution is -2.41. The highest BCUT2D eigenvalue weighted by molar-refractivity contribution is 6.15. The van der Waals surface area contributed by atoms with E-state index in [0.29, 0.717) is 5.56 Å². The Morgan fingerprint density at radius 3 is 2.38 bits per heavy atom. The molecule has 0 saturated heterocycles. The average Bonchev–Trinajstić information content (AvgIpc) is 2.15. The topological polar surface area (TPSA) is 34.1 Å². The Kier molecular flexibility index (Phi) is 2.33. The van der Waals surface area contributed by atoms with Gasteiger partial charge in [0.1, 0.15) is 0 Å². The molecule has 0 spiro atoms. The number of fused-ring (bicyclic) bond motifs is 1. The van der Waals surface area contributed by atoms with E-state index >= 15 is 0 Å². The number of alkyl halides is 3. The van der Waals surface area contributed by atoms with Crippen LogP contribution in [-0.2, 0) is 11.2 Å². The highest BCUT2D eigenvalue weighted by Crippen LogP contribution is 2.34. The quantitative estimate of drug-likeness (QED) is 0.638. The second-order valence-electron chi connectivity index (χ2n) is 3.64. The van der Waals surface area contributed by atoms with E-state index in [1.165, 1.54) is 18.2 Å². The van der Waals surface area contributed by atoms with Crippen LogP contribution in [0.3, 0.4) is 0 Å². The van der Waals surface area contributed by atoms with E-state index in [1.54, 1.807) is 6.07 Å². The highest BCUT2D eigenvalue weighted by atomic mass is 19.4. The second-order valence-corrected chi connectivity index (χ2v) is 3.64. The van der Waals surface area contributed by atoms with Crippen LogP contribution in [0.1, 0.15) is 15.9 Å². The summed E-state index contributed by atoms with van der Waals surface area (Å²) < 4.78 is 37.5. The van der Waals surface area contributed by atoms with Crippen LogP contribution in [0.2, 0.25) is 0 Å². The zero-order valence-corrected chi connectivity index (χ0v) is 8.04. The van der Waals surface area contributed by atoms with Crippen LogP contribution in [0.15, 0.2) is 24.3 Å². The minimum absolute atomic E-state index is 0.00410. The van der Waals surface area contributed by atoms with E-state index < -0.39 is 23.7 Å². The normalized spacial score (nSPS) is 20.8. The minimum atomic E-state index is -4.79. The molecule has 16 heavy (non-hydrogen) atoms. The van der Waals surface area contributed by atoms with Crippen molar-refractivity contribution in [1.82, 2.24) is 0 Å². The SMILES string of the molecule is O=C1Cc2ccccc2C(=O)C1C(F)(F)F. The maximum Gasteiger partial charge on any atom is 0.405 e. The van der Waals surface area contributed by atoms with E-state index in [-0.39, 0.29) is 12.0 Å². The van der Waals surface area contributed by atoms with Gasteiger partial charge in [-0.25, -0.2) is 0 Å². The van der Waals surface area contributed by atoms with Crippen LogP contribution in [0.4, 0.5) is 13.2 Å². The van der Waals surface area contributed by atoms with Crippen molar-refractivity contribution in [2.75, 3.05) is 0 Å². The molecule has 5 heteroatoms. The first kappa shape index (κ1) is 10.9. The van der Waals surface area contributed by atoms with Gasteiger partial charge in [-0.15, -0.1) is 0 Å². The fraction of sp³-hybridized carbons (Fsp3) is 0.273. The molecule has 1 aliphatic carbocycles. The number of hydrogen-bond acceptors (Lipinski definition) is 2. The molecule has 0 aliphatic heterocycles. The molecule has 84 valence electrons. The Hall–Kier alpha value is -1.65. The molecule has 1 aromatic rings. The van der Waals surface area contributed by atoms with Crippen molar-refractivity contribution in [1.29, 1.82) is 0 Å². The van der Waals surface area contributed by atoms with E-state index in [0.717, 1.165) is 0 Å². The number of hydrogen-bond donors (Lipinski definition) is 0. The summed E-state index contributed by atoms with van der Waals surface area (Å²) >= 11 is 0. The first-order chi connectivity index (χ1) is 7.41. The van der Waals surface area contributed by atoms with Crippen molar-refractivity contribution in [2.24, 2.45) is 5.92 Å². The molecule has 0 N–H and O–H groups in total. The van der Waals surface area contributed by atoms with Gasteiger partial charge in [0.25, 0.3) is 0 Å². The van der Waals surface area contributed by atoms with Gasteiger partial charge < -0.3 is 0 Å². The third kappa shape index (κ3) is 1.62. The van der Waals surface area contributed by atoms with E-state index in [4.69, 9.17) is 0 Å². The number of Topliss-reactive ketones (excluding diaryl/α,β-unsaturated/α-hetero) is 2. The molecule has 0 radical (unpaired) electrons. The average molecular weight is 228 g/mol. The largest absolute Gasteiger partial charge is 0.405 e. The molecule has 0 amide bonds. The monoisotopic (exact) mass is 228 g/mol. The number of carbonyl (C=O) groups excluding carboxylic acids is 2. The number of carbonyl (C=O) groups is 2. The molecule has 0 bridgehead atoms. The summed E-state index contributed by atoms with van der Waals surface area (Å²) in [4.78, 5) is 22.8. The van der Waals surface area contributed by atoms with E-state index in [1.807, 2.05) is 0 Å². The van der Waals surface area contributed by atoms with Gasteiger partial charge in [0.05, 0.1) is 0 Å². The molecule has 0 aromatic heterocycles. The van der Waals surface area contributed by atoms with Gasteiger partial charge in [-0.2, -0.15) is 13.2 Å². The predicted octanol–water partition coefficient (Wildman–Crippen LogP) is 2.17. The van der Waals surface area contributed by atoms with Crippen molar-refractivity contribution in [2.45, 2.75) is 12.6 Å². The third-order valence-electron chi connectivity index (χ3n) is 2.56. The molecule has 2 nitrogen and oxygen atoms in total. The Labute approximate surface area is 89.1 Å². The van der Waals surface area contributed by atoms with Gasteiger partial charge in [0, 0.05) is 12.0 Å². The lowest BCUT2D eigenvalue weighted by Gasteiger charge is -2.23. The van der Waals surface area contributed by atoms with Crippen molar-refractivity contribution in [3.05, 3.63) is 35.4 Å². The van der Waals surface area contributed by atoms with Gasteiger partial charge in [-0.1, -0.05) is 24.3 Å². The summed E-state index contributed by atoms with van der Waals surface area (Å²) in [6.45, 7) is 0. The predicted molar refractivity (Wildman–Crippen MR) is 49.0 cm³/mol. The fourth-order valence-electron chi connectivity index (χ4n) is 1.84. The third-order valence-corrected chi connectivity index (χ3v) is 2.56. The van der Waals surface area contributed by atoms with Crippen LogP contribution < -0.4 is 0 Å². The van der Waals surface area contributed by atoms with Crippen LogP contribution in [-0.4, -0.2) is 17.7 Å². The summed E-state index contributed by atoms with van der Waals surface area (Å²) in [5.41, 5.74) is 0.377. The number of ketones is 2. The molecule has 1 aliphatic rings. The number of benzene rings is 1. The molecule has 0 heterocycles. The molecule has 0 saturated carbocycles. The molecular formula is C11H7F3O2. The van der Waals surface area contributed by atoms with Crippen molar-refractivity contribution in [3.8, 4) is 0 Å². The number of rotatable bonds is 0.